The zero-order valence-electron chi connectivity index (χ0n) is 41.3. The molecule has 22 heteroatoms. The average molecular weight is 1030 g/mol. The fourth-order valence-electron chi connectivity index (χ4n) is 10.6. The highest BCUT2D eigenvalue weighted by molar-refractivity contribution is 5.99. The van der Waals surface area contributed by atoms with Gasteiger partial charge in [0.2, 0.25) is 11.8 Å². The van der Waals surface area contributed by atoms with E-state index >= 15 is 22.0 Å². The third kappa shape index (κ3) is 9.30. The van der Waals surface area contributed by atoms with Gasteiger partial charge in [0.15, 0.2) is 11.4 Å². The maximum absolute atomic E-state index is 18.2. The Balaban J connectivity index is 1.27. The molecule has 3 aromatic carbocycles. The molecule has 6 heterocycles. The molecule has 2 bridgehead atoms. The number of piperazine rings is 1. The molecule has 5 aromatic rings. The molecule has 0 radical (unpaired) electrons. The van der Waals surface area contributed by atoms with Crippen LogP contribution in [-0.4, -0.2) is 115 Å². The third-order valence-electron chi connectivity index (χ3n) is 14.0. The van der Waals surface area contributed by atoms with Crippen LogP contribution in [0.15, 0.2) is 54.6 Å². The Morgan fingerprint density at radius 3 is 2.07 bits per heavy atom. The first-order valence-corrected chi connectivity index (χ1v) is 23.6. The van der Waals surface area contributed by atoms with Crippen molar-refractivity contribution in [1.29, 1.82) is 0 Å². The van der Waals surface area contributed by atoms with E-state index in [0.717, 1.165) is 20.1 Å². The van der Waals surface area contributed by atoms with Crippen LogP contribution in [0.3, 0.4) is 0 Å². The minimum absolute atomic E-state index is 0.000612. The minimum Gasteiger partial charge on any atom is -0.497 e. The van der Waals surface area contributed by atoms with Gasteiger partial charge in [-0.15, -0.1) is 0 Å². The molecule has 0 saturated carbocycles. The lowest BCUT2D eigenvalue weighted by atomic mass is 9.85. The number of methoxy groups -OCH3 is 3. The fourth-order valence-corrected chi connectivity index (χ4v) is 10.6. The lowest BCUT2D eigenvalue weighted by Crippen LogP contribution is -2.68. The van der Waals surface area contributed by atoms with Gasteiger partial charge in [-0.1, -0.05) is 24.3 Å². The summed E-state index contributed by atoms with van der Waals surface area (Å²) < 4.78 is 142. The number of carbonyl (C=O) groups is 2. The van der Waals surface area contributed by atoms with Crippen LogP contribution in [0.1, 0.15) is 69.2 Å². The zero-order chi connectivity index (χ0) is 52.5. The highest BCUT2D eigenvalue weighted by Gasteiger charge is 2.57. The Labute approximate surface area is 416 Å². The largest absolute Gasteiger partial charge is 0.497 e. The van der Waals surface area contributed by atoms with Gasteiger partial charge in [0.1, 0.15) is 51.4 Å². The molecule has 1 unspecified atom stereocenters. The quantitative estimate of drug-likeness (QED) is 0.0816. The van der Waals surface area contributed by atoms with Crippen LogP contribution in [-0.2, 0) is 38.3 Å². The van der Waals surface area contributed by atoms with Gasteiger partial charge >= 0.3 is 24.9 Å². The van der Waals surface area contributed by atoms with Crippen molar-refractivity contribution >= 4 is 40.4 Å². The standard InChI is InChI=1S/C51H54F7N7O8/c1-26-37(51(56,57)58)33(21-35(38(26)52)62(22-28-9-14-31(68-6)15-10-28)23-29-11-16-32(69-7)17-12-29)40-39(53)41-36-43(61-47(60-41)64-20-19-50(64,45(66)70-8)25-71-46(54)55)63-24-30-13-18-34(42(63)27(2)72-44(36)59-40)65(30)48(67)73-49(3,4)5/h9-12,14-17,21,27,30,34,42,46H,13,18-20,22-25H2,1-8H3/t27-,30+,34-,42+,50?/m0/s1. The fraction of sp³-hybridized carbons (Fsp3) is 0.471. The first-order chi connectivity index (χ1) is 34.6. The molecule has 0 aliphatic carbocycles. The topological polar surface area (TPSA) is 141 Å². The molecular formula is C51H54F7N7O8. The van der Waals surface area contributed by atoms with Gasteiger partial charge < -0.3 is 43.1 Å². The van der Waals surface area contributed by atoms with Gasteiger partial charge in [0.05, 0.1) is 57.3 Å². The van der Waals surface area contributed by atoms with Crippen LogP contribution in [0.2, 0.25) is 0 Å². The van der Waals surface area contributed by atoms with E-state index < -0.39 is 106 Å². The van der Waals surface area contributed by atoms with Crippen LogP contribution < -0.4 is 28.9 Å². The third-order valence-corrected chi connectivity index (χ3v) is 14.0. The maximum Gasteiger partial charge on any atom is 0.417 e. The number of anilines is 3. The van der Waals surface area contributed by atoms with Crippen LogP contribution >= 0.6 is 0 Å². The number of nitrogens with zero attached hydrogens (tertiary/aromatic N) is 7. The lowest BCUT2D eigenvalue weighted by molar-refractivity contribution is -0.170. The molecule has 2 aromatic heterocycles. The van der Waals surface area contributed by atoms with Gasteiger partial charge in [0, 0.05) is 38.2 Å². The van der Waals surface area contributed by atoms with E-state index in [2.05, 4.69) is 14.7 Å². The summed E-state index contributed by atoms with van der Waals surface area (Å²) in [4.78, 5) is 47.6. The van der Waals surface area contributed by atoms with Crippen LogP contribution in [0.25, 0.3) is 22.2 Å². The summed E-state index contributed by atoms with van der Waals surface area (Å²) in [7, 11) is 4.03. The zero-order valence-corrected chi connectivity index (χ0v) is 41.3. The summed E-state index contributed by atoms with van der Waals surface area (Å²) in [6.07, 6.45) is -5.85. The van der Waals surface area contributed by atoms with Gasteiger partial charge in [-0.25, -0.2) is 28.3 Å². The van der Waals surface area contributed by atoms with Gasteiger partial charge in [0.25, 0.3) is 0 Å². The van der Waals surface area contributed by atoms with Crippen molar-refractivity contribution in [2.24, 2.45) is 0 Å². The van der Waals surface area contributed by atoms with Crippen LogP contribution in [0.5, 0.6) is 17.4 Å². The number of ether oxygens (including phenoxy) is 6. The summed E-state index contributed by atoms with van der Waals surface area (Å²) in [5.41, 5.74) is -6.56. The first kappa shape index (κ1) is 51.1. The van der Waals surface area contributed by atoms with Gasteiger partial charge in [-0.2, -0.15) is 26.9 Å². The molecular weight excluding hydrogens is 972 g/mol. The Hall–Kier alpha value is -6.84. The number of carbonyl (C=O) groups excluding carboxylic acids is 2. The number of alkyl halides is 5. The Bertz CT molecular complexity index is 2880. The van der Waals surface area contributed by atoms with Crippen molar-refractivity contribution in [3.05, 3.63) is 88.5 Å². The SMILES string of the molecule is COC(=O)C1(COC(F)F)CCN1c1nc2c3c(nc(-c4cc(N(Cc5ccc(OC)cc5)Cc5ccc(OC)cc5)c(F)c(C)c4C(F)(F)F)c(F)c3n1)O[C@@H](C)[C@@H]1[C@@H]3CC[C@H](CN21)N3C(=O)OC(C)(C)C. The highest BCUT2D eigenvalue weighted by atomic mass is 19.4. The number of pyridine rings is 1. The van der Waals surface area contributed by atoms with Crippen LogP contribution in [0, 0.1) is 18.6 Å². The summed E-state index contributed by atoms with van der Waals surface area (Å²) in [5.74, 6) is -3.27. The number of amides is 1. The Morgan fingerprint density at radius 2 is 1.53 bits per heavy atom. The molecule has 3 saturated heterocycles. The van der Waals surface area contributed by atoms with E-state index in [9.17, 15) is 18.4 Å². The number of esters is 1. The summed E-state index contributed by atoms with van der Waals surface area (Å²) >= 11 is 0. The van der Waals surface area contributed by atoms with Crippen molar-refractivity contribution in [3.8, 4) is 28.6 Å². The summed E-state index contributed by atoms with van der Waals surface area (Å²) in [5, 5.41) is -0.147. The smallest absolute Gasteiger partial charge is 0.417 e. The highest BCUT2D eigenvalue weighted by Crippen LogP contribution is 2.50. The number of hydrogen-bond donors (Lipinski definition) is 0. The van der Waals surface area contributed by atoms with Crippen LogP contribution in [0.4, 0.5) is 53.0 Å². The average Bonchev–Trinajstić information content (AvgIpc) is 3.58. The summed E-state index contributed by atoms with van der Waals surface area (Å²) in [6, 6.07) is 12.7. The normalized spacial score (nSPS) is 21.3. The van der Waals surface area contributed by atoms with Crippen molar-refractivity contribution in [2.75, 3.05) is 55.7 Å². The minimum atomic E-state index is -5.28. The predicted octanol–water partition coefficient (Wildman–Crippen LogP) is 9.62. The molecule has 4 aliphatic rings. The monoisotopic (exact) mass is 1030 g/mol. The number of hydrogen-bond acceptors (Lipinski definition) is 14. The molecule has 3 fully saturated rings. The van der Waals surface area contributed by atoms with E-state index in [1.54, 1.807) is 81.1 Å². The van der Waals surface area contributed by atoms with Crippen molar-refractivity contribution in [3.63, 3.8) is 0 Å². The molecule has 5 atom stereocenters. The molecule has 0 spiro atoms. The Morgan fingerprint density at radius 1 is 0.904 bits per heavy atom. The molecule has 390 valence electrons. The Kier molecular flexibility index (Phi) is 13.4. The lowest BCUT2D eigenvalue weighted by Gasteiger charge is -2.50. The number of halogens is 7. The molecule has 9 rings (SSSR count). The molecule has 0 N–H and O–H groups in total. The molecule has 4 aliphatic heterocycles. The first-order valence-electron chi connectivity index (χ1n) is 23.6. The second-order valence-corrected chi connectivity index (χ2v) is 19.6. The maximum atomic E-state index is 18.2. The van der Waals surface area contributed by atoms with Gasteiger partial charge in [-0.05, 0) is 94.5 Å². The second kappa shape index (κ2) is 19.2. The predicted molar refractivity (Wildman–Crippen MR) is 253 cm³/mol. The van der Waals surface area contributed by atoms with E-state index in [-0.39, 0.29) is 61.3 Å². The van der Waals surface area contributed by atoms with Crippen molar-refractivity contribution in [2.45, 2.75) is 115 Å². The summed E-state index contributed by atoms with van der Waals surface area (Å²) in [6.45, 7) is 3.63. The van der Waals surface area contributed by atoms with E-state index in [1.165, 1.54) is 24.0 Å². The molecule has 1 amide bonds. The number of fused-ring (bicyclic) bond motifs is 5. The number of rotatable bonds is 13. The molecule has 15 nitrogen and oxygen atoms in total. The van der Waals surface area contributed by atoms with E-state index in [0.29, 0.717) is 35.5 Å². The van der Waals surface area contributed by atoms with E-state index in [4.69, 9.17) is 28.7 Å². The molecule has 73 heavy (non-hydrogen) atoms. The number of benzene rings is 3. The second-order valence-electron chi connectivity index (χ2n) is 19.6. The van der Waals surface area contributed by atoms with E-state index in [1.807, 2.05) is 4.90 Å². The van der Waals surface area contributed by atoms with Gasteiger partial charge in [-0.3, -0.25) is 4.90 Å². The van der Waals surface area contributed by atoms with Crippen molar-refractivity contribution in [1.82, 2.24) is 19.9 Å². The number of aromatic nitrogens is 3. The van der Waals surface area contributed by atoms with Crippen molar-refractivity contribution < 1.29 is 68.7 Å².